The normalized spacial score (nSPS) is 20.0. The first-order valence-corrected chi connectivity index (χ1v) is 16.2. The summed E-state index contributed by atoms with van der Waals surface area (Å²) < 4.78 is 0. The van der Waals surface area contributed by atoms with Gasteiger partial charge in [-0.25, -0.2) is 9.78 Å². The first-order chi connectivity index (χ1) is 20.8. The third kappa shape index (κ3) is 6.30. The van der Waals surface area contributed by atoms with Crippen LogP contribution in [0.2, 0.25) is 0 Å². The van der Waals surface area contributed by atoms with Crippen LogP contribution in [0, 0.1) is 11.8 Å². The predicted octanol–water partition coefficient (Wildman–Crippen LogP) is 6.47. The van der Waals surface area contributed by atoms with Crippen molar-refractivity contribution in [3.8, 4) is 22.4 Å². The molecule has 2 saturated carbocycles. The number of pyridine rings is 1. The fourth-order valence-corrected chi connectivity index (χ4v) is 7.56. The van der Waals surface area contributed by atoms with Gasteiger partial charge < -0.3 is 14.9 Å². The van der Waals surface area contributed by atoms with Crippen molar-refractivity contribution in [2.75, 3.05) is 25.5 Å². The van der Waals surface area contributed by atoms with E-state index in [4.69, 9.17) is 9.97 Å². The summed E-state index contributed by atoms with van der Waals surface area (Å²) >= 11 is 1.44. The first kappa shape index (κ1) is 29.3. The van der Waals surface area contributed by atoms with E-state index in [9.17, 15) is 19.5 Å². The van der Waals surface area contributed by atoms with Crippen LogP contribution in [-0.4, -0.2) is 69.5 Å². The number of anilines is 1. The zero-order valence-corrected chi connectivity index (χ0v) is 25.6. The molecule has 3 heterocycles. The lowest BCUT2D eigenvalue weighted by atomic mass is 9.90. The maximum atomic E-state index is 13.9. The minimum absolute atomic E-state index is 0.00153. The number of benzene rings is 1. The van der Waals surface area contributed by atoms with Crippen LogP contribution >= 0.6 is 11.3 Å². The molecule has 0 radical (unpaired) electrons. The van der Waals surface area contributed by atoms with Crippen LogP contribution in [0.3, 0.4) is 0 Å². The topological polar surface area (TPSA) is 107 Å². The molecule has 43 heavy (non-hydrogen) atoms. The van der Waals surface area contributed by atoms with Crippen molar-refractivity contribution in [1.82, 2.24) is 19.8 Å². The number of hydrogen-bond acceptors (Lipinski definition) is 6. The summed E-state index contributed by atoms with van der Waals surface area (Å²) in [4.78, 5) is 53.1. The Labute approximate surface area is 256 Å². The van der Waals surface area contributed by atoms with Crippen LogP contribution in [0.1, 0.15) is 69.5 Å². The third-order valence-electron chi connectivity index (χ3n) is 9.19. The summed E-state index contributed by atoms with van der Waals surface area (Å²) in [7, 11) is 3.64. The largest absolute Gasteiger partial charge is 0.481 e. The van der Waals surface area contributed by atoms with E-state index in [1.807, 2.05) is 62.1 Å². The Morgan fingerprint density at radius 2 is 1.79 bits per heavy atom. The van der Waals surface area contributed by atoms with Crippen molar-refractivity contribution in [2.24, 2.45) is 11.8 Å². The number of hydrogen-bond donors (Lipinski definition) is 1. The predicted molar refractivity (Wildman–Crippen MR) is 167 cm³/mol. The number of urea groups is 1. The molecule has 3 aromatic rings. The first-order valence-electron chi connectivity index (χ1n) is 15.3. The van der Waals surface area contributed by atoms with Gasteiger partial charge in [0.25, 0.3) is 0 Å². The molecule has 9 nitrogen and oxygen atoms in total. The second-order valence-corrected chi connectivity index (χ2v) is 13.1. The monoisotopic (exact) mass is 601 g/mol. The average molecular weight is 602 g/mol. The molecule has 10 heteroatoms. The van der Waals surface area contributed by atoms with Gasteiger partial charge in [0.2, 0.25) is 5.91 Å². The van der Waals surface area contributed by atoms with E-state index in [0.29, 0.717) is 24.0 Å². The Hall–Kier alpha value is -3.79. The number of carboxylic acids is 1. The van der Waals surface area contributed by atoms with Crippen LogP contribution in [0.15, 0.2) is 48.0 Å². The molecule has 2 aromatic heterocycles. The molecule has 1 aromatic carbocycles. The lowest BCUT2D eigenvalue weighted by Crippen LogP contribution is -2.47. The standard InChI is InChI=1S/C33H39N5O4S/c1-36-16-15-29(37(2)33(36)42)27-14-11-22(19-34-27)25-9-5-6-10-26(25)28-20-43-32(35-28)38(24-12-13-24)31(41)23(18-30(39)40)17-21-7-3-4-8-21/h5-6,9-11,14,19-21,23-24,29H,3-4,7-8,12-13,15-18H2,1-2H3,(H,39,40). The Bertz CT molecular complexity index is 1480. The summed E-state index contributed by atoms with van der Waals surface area (Å²) in [6.07, 6.45) is 9.49. The summed E-state index contributed by atoms with van der Waals surface area (Å²) in [5.74, 6) is -1.12. The Morgan fingerprint density at radius 1 is 1.05 bits per heavy atom. The zero-order chi connectivity index (χ0) is 30.1. The van der Waals surface area contributed by atoms with Crippen LogP contribution in [0.5, 0.6) is 0 Å². The van der Waals surface area contributed by atoms with Crippen LogP contribution in [-0.2, 0) is 9.59 Å². The minimum Gasteiger partial charge on any atom is -0.481 e. The van der Waals surface area contributed by atoms with Gasteiger partial charge in [0.1, 0.15) is 0 Å². The van der Waals surface area contributed by atoms with E-state index in [-0.39, 0.29) is 30.4 Å². The minimum atomic E-state index is -0.922. The molecule has 3 fully saturated rings. The SMILES string of the molecule is CN1CCC(c2ccc(-c3ccccc3-c3csc(N(C(=O)C(CC(=O)O)CC4CCCC4)C4CC4)n3)cn2)N(C)C1=O. The molecule has 2 aliphatic carbocycles. The molecule has 1 N–H and O–H groups in total. The maximum Gasteiger partial charge on any atom is 0.320 e. The number of thiazole rings is 1. The molecule has 1 aliphatic heterocycles. The summed E-state index contributed by atoms with van der Waals surface area (Å²) in [5.41, 5.74) is 4.53. The van der Waals surface area contributed by atoms with E-state index >= 15 is 0 Å². The van der Waals surface area contributed by atoms with Crippen LogP contribution < -0.4 is 4.90 Å². The van der Waals surface area contributed by atoms with Crippen molar-refractivity contribution < 1.29 is 19.5 Å². The second kappa shape index (κ2) is 12.4. The van der Waals surface area contributed by atoms with Crippen molar-refractivity contribution in [1.29, 1.82) is 0 Å². The van der Waals surface area contributed by atoms with Gasteiger partial charge in [-0.2, -0.15) is 0 Å². The fraction of sp³-hybridized carbons (Fsp3) is 0.485. The fourth-order valence-electron chi connectivity index (χ4n) is 6.66. The lowest BCUT2D eigenvalue weighted by Gasteiger charge is -2.37. The van der Waals surface area contributed by atoms with Gasteiger partial charge in [-0.3, -0.25) is 19.5 Å². The van der Waals surface area contributed by atoms with Crippen molar-refractivity contribution in [3.05, 3.63) is 53.7 Å². The Kier molecular flexibility index (Phi) is 8.47. The van der Waals surface area contributed by atoms with E-state index in [1.54, 1.807) is 14.7 Å². The highest BCUT2D eigenvalue weighted by Crippen LogP contribution is 2.41. The highest BCUT2D eigenvalue weighted by Gasteiger charge is 2.40. The smallest absolute Gasteiger partial charge is 0.320 e. The van der Waals surface area contributed by atoms with Crippen LogP contribution in [0.25, 0.3) is 22.4 Å². The maximum absolute atomic E-state index is 13.9. The molecule has 226 valence electrons. The number of carbonyl (C=O) groups excluding carboxylic acids is 2. The number of aliphatic carboxylic acids is 1. The van der Waals surface area contributed by atoms with Gasteiger partial charge in [0, 0.05) is 55.3 Å². The molecule has 0 bridgehead atoms. The van der Waals surface area contributed by atoms with E-state index < -0.39 is 11.9 Å². The van der Waals surface area contributed by atoms with Gasteiger partial charge >= 0.3 is 12.0 Å². The highest BCUT2D eigenvalue weighted by molar-refractivity contribution is 7.14. The average Bonchev–Trinajstić information content (AvgIpc) is 3.47. The van der Waals surface area contributed by atoms with Crippen molar-refractivity contribution >= 4 is 34.4 Å². The van der Waals surface area contributed by atoms with Crippen molar-refractivity contribution in [2.45, 2.75) is 69.9 Å². The van der Waals surface area contributed by atoms with E-state index in [2.05, 4.69) is 0 Å². The molecular weight excluding hydrogens is 562 g/mol. The second-order valence-electron chi connectivity index (χ2n) is 12.3. The molecule has 3 aliphatic rings. The number of aromatic nitrogens is 2. The summed E-state index contributed by atoms with van der Waals surface area (Å²) in [6, 6.07) is 12.1. The highest BCUT2D eigenvalue weighted by atomic mass is 32.1. The lowest BCUT2D eigenvalue weighted by molar-refractivity contribution is -0.141. The molecular formula is C33H39N5O4S. The number of carbonyl (C=O) groups is 3. The van der Waals surface area contributed by atoms with Gasteiger partial charge in [-0.05, 0) is 43.2 Å². The van der Waals surface area contributed by atoms with E-state index in [1.165, 1.54) is 11.3 Å². The molecule has 2 unspecified atom stereocenters. The van der Waals surface area contributed by atoms with Crippen LogP contribution in [0.4, 0.5) is 9.93 Å². The van der Waals surface area contributed by atoms with Crippen molar-refractivity contribution in [3.63, 3.8) is 0 Å². The van der Waals surface area contributed by atoms with Gasteiger partial charge in [-0.15, -0.1) is 11.3 Å². The number of nitrogens with zero attached hydrogens (tertiary/aromatic N) is 5. The summed E-state index contributed by atoms with van der Waals surface area (Å²) in [5, 5.41) is 12.3. The molecule has 1 saturated heterocycles. The number of carboxylic acid groups (broad SMARTS) is 1. The van der Waals surface area contributed by atoms with Gasteiger partial charge in [0.15, 0.2) is 5.13 Å². The molecule has 0 spiro atoms. The molecule has 6 rings (SSSR count). The third-order valence-corrected chi connectivity index (χ3v) is 10.0. The summed E-state index contributed by atoms with van der Waals surface area (Å²) in [6.45, 7) is 0.699. The number of amides is 3. The molecule has 3 amide bonds. The van der Waals surface area contributed by atoms with E-state index in [0.717, 1.165) is 73.0 Å². The Morgan fingerprint density at radius 3 is 2.47 bits per heavy atom. The zero-order valence-electron chi connectivity index (χ0n) is 24.8. The number of rotatable bonds is 10. The Balaban J connectivity index is 1.25. The van der Waals surface area contributed by atoms with Gasteiger partial charge in [-0.1, -0.05) is 56.0 Å². The molecule has 2 atom stereocenters. The van der Waals surface area contributed by atoms with Gasteiger partial charge in [0.05, 0.1) is 23.9 Å². The quantitative estimate of drug-likeness (QED) is 0.286.